The van der Waals surface area contributed by atoms with Gasteiger partial charge in [0.15, 0.2) is 0 Å². The molecule has 2 aliphatic heterocycles. The number of halogens is 3. The van der Waals surface area contributed by atoms with Crippen molar-refractivity contribution in [2.45, 2.75) is 32.5 Å². The molecule has 7 nitrogen and oxygen atoms in total. The second-order valence-electron chi connectivity index (χ2n) is 8.78. The molecule has 0 aliphatic carbocycles. The van der Waals surface area contributed by atoms with Crippen LogP contribution in [-0.4, -0.2) is 64.7 Å². The van der Waals surface area contributed by atoms with E-state index < -0.39 is 29.6 Å². The quantitative estimate of drug-likeness (QED) is 0.635. The number of imide groups is 1. The summed E-state index contributed by atoms with van der Waals surface area (Å²) in [4.78, 5) is 48.0. The number of carbonyl (C=O) groups excluding carboxylic acids is 3. The van der Waals surface area contributed by atoms with Crippen molar-refractivity contribution >= 4 is 23.5 Å². The van der Waals surface area contributed by atoms with E-state index in [1.807, 2.05) is 4.90 Å². The van der Waals surface area contributed by atoms with Crippen molar-refractivity contribution in [1.82, 2.24) is 14.8 Å². The van der Waals surface area contributed by atoms with Gasteiger partial charge in [0.25, 0.3) is 11.8 Å². The maximum absolute atomic E-state index is 13.5. The first-order valence-electron chi connectivity index (χ1n) is 11.1. The number of benzene rings is 1. The lowest BCUT2D eigenvalue weighted by Gasteiger charge is -2.33. The molecule has 0 saturated carbocycles. The van der Waals surface area contributed by atoms with Crippen molar-refractivity contribution in [2.24, 2.45) is 5.92 Å². The lowest BCUT2D eigenvalue weighted by molar-refractivity contribution is -0.138. The van der Waals surface area contributed by atoms with Crippen molar-refractivity contribution < 1.29 is 27.6 Å². The summed E-state index contributed by atoms with van der Waals surface area (Å²) in [5.41, 5.74) is -0.230. The van der Waals surface area contributed by atoms with E-state index in [9.17, 15) is 27.6 Å². The Morgan fingerprint density at radius 3 is 2.12 bits per heavy atom. The average Bonchev–Trinajstić information content (AvgIpc) is 2.97. The highest BCUT2D eigenvalue weighted by molar-refractivity contribution is 6.22. The number of hydrogen-bond donors (Lipinski definition) is 0. The standard InChI is InChI=1S/C24H25F3N4O3/c1-15(2)20(31-21(32)17-6-3-4-7-18(17)22(31)33)23(34)30-11-5-10-29(12-13-30)19-9-8-16(14-28-19)24(25,26)27/h3-4,6-9,14-15,20H,5,10-13H2,1-2H3. The highest BCUT2D eigenvalue weighted by Gasteiger charge is 2.45. The summed E-state index contributed by atoms with van der Waals surface area (Å²) in [5.74, 6) is -1.16. The minimum absolute atomic E-state index is 0.293. The van der Waals surface area contributed by atoms with Crippen LogP contribution in [-0.2, 0) is 11.0 Å². The van der Waals surface area contributed by atoms with Crippen molar-refractivity contribution in [1.29, 1.82) is 0 Å². The van der Waals surface area contributed by atoms with Gasteiger partial charge in [-0.3, -0.25) is 19.3 Å². The molecule has 1 atom stereocenters. The minimum atomic E-state index is -4.45. The zero-order valence-corrected chi connectivity index (χ0v) is 18.9. The first-order valence-corrected chi connectivity index (χ1v) is 11.1. The van der Waals surface area contributed by atoms with Crippen LogP contribution < -0.4 is 4.90 Å². The number of anilines is 1. The van der Waals surface area contributed by atoms with Crippen LogP contribution in [0.1, 0.15) is 46.5 Å². The van der Waals surface area contributed by atoms with Crippen molar-refractivity contribution in [3.05, 3.63) is 59.3 Å². The molecule has 1 fully saturated rings. The molecule has 4 rings (SSSR count). The largest absolute Gasteiger partial charge is 0.417 e. The fourth-order valence-corrected chi connectivity index (χ4v) is 4.45. The molecule has 1 aromatic heterocycles. The molecule has 10 heteroatoms. The maximum atomic E-state index is 13.5. The van der Waals surface area contributed by atoms with Crippen LogP contribution in [0.4, 0.5) is 19.0 Å². The number of aromatic nitrogens is 1. The predicted octanol–water partition coefficient (Wildman–Crippen LogP) is 3.46. The van der Waals surface area contributed by atoms with Gasteiger partial charge in [-0.1, -0.05) is 26.0 Å². The molecule has 0 spiro atoms. The third-order valence-corrected chi connectivity index (χ3v) is 6.19. The van der Waals surface area contributed by atoms with Crippen LogP contribution in [0.2, 0.25) is 0 Å². The van der Waals surface area contributed by atoms with Crippen molar-refractivity contribution in [2.75, 3.05) is 31.1 Å². The summed E-state index contributed by atoms with van der Waals surface area (Å²) in [5, 5.41) is 0. The van der Waals surface area contributed by atoms with Crippen LogP contribution in [0.5, 0.6) is 0 Å². The number of alkyl halides is 3. The molecule has 1 aromatic carbocycles. The lowest BCUT2D eigenvalue weighted by atomic mass is 10.0. The highest BCUT2D eigenvalue weighted by atomic mass is 19.4. The number of rotatable bonds is 4. The van der Waals surface area contributed by atoms with E-state index in [2.05, 4.69) is 4.98 Å². The van der Waals surface area contributed by atoms with Gasteiger partial charge in [-0.2, -0.15) is 13.2 Å². The van der Waals surface area contributed by atoms with Crippen LogP contribution in [0, 0.1) is 5.92 Å². The Labute approximate surface area is 195 Å². The molecule has 0 bridgehead atoms. The Morgan fingerprint density at radius 1 is 0.941 bits per heavy atom. The van der Waals surface area contributed by atoms with Gasteiger partial charge in [-0.15, -0.1) is 0 Å². The van der Waals surface area contributed by atoms with E-state index in [0.717, 1.165) is 17.2 Å². The van der Waals surface area contributed by atoms with Crippen LogP contribution in [0.25, 0.3) is 0 Å². The Bertz CT molecular complexity index is 1070. The maximum Gasteiger partial charge on any atom is 0.417 e. The number of pyridine rings is 1. The van der Waals surface area contributed by atoms with Crippen LogP contribution in [0.3, 0.4) is 0 Å². The number of fused-ring (bicyclic) bond motifs is 1. The Balaban J connectivity index is 1.49. The number of nitrogens with zero attached hydrogens (tertiary/aromatic N) is 4. The molecule has 0 radical (unpaired) electrons. The zero-order valence-electron chi connectivity index (χ0n) is 18.9. The Hall–Kier alpha value is -3.43. The molecule has 0 N–H and O–H groups in total. The van der Waals surface area contributed by atoms with E-state index in [0.29, 0.717) is 49.5 Å². The zero-order chi connectivity index (χ0) is 24.6. The van der Waals surface area contributed by atoms with E-state index >= 15 is 0 Å². The van der Waals surface area contributed by atoms with Crippen LogP contribution in [0.15, 0.2) is 42.6 Å². The lowest BCUT2D eigenvalue weighted by Crippen LogP contribution is -2.54. The summed E-state index contributed by atoms with van der Waals surface area (Å²) in [6.45, 7) is 5.18. The Morgan fingerprint density at radius 2 is 1.59 bits per heavy atom. The third kappa shape index (κ3) is 4.36. The Kier molecular flexibility index (Phi) is 6.33. The van der Waals surface area contributed by atoms with E-state index in [-0.39, 0.29) is 11.8 Å². The average molecular weight is 474 g/mol. The predicted molar refractivity (Wildman–Crippen MR) is 118 cm³/mol. The molecular formula is C24H25F3N4O3. The van der Waals surface area contributed by atoms with Crippen molar-refractivity contribution in [3.63, 3.8) is 0 Å². The van der Waals surface area contributed by atoms with Crippen molar-refractivity contribution in [3.8, 4) is 0 Å². The molecule has 180 valence electrons. The monoisotopic (exact) mass is 474 g/mol. The normalized spacial score (nSPS) is 17.8. The van der Waals surface area contributed by atoms with Gasteiger partial charge in [0.05, 0.1) is 16.7 Å². The van der Waals surface area contributed by atoms with E-state index in [1.165, 1.54) is 6.07 Å². The molecule has 2 aromatic rings. The van der Waals surface area contributed by atoms with E-state index in [4.69, 9.17) is 0 Å². The van der Waals surface area contributed by atoms with Gasteiger partial charge in [-0.25, -0.2) is 4.98 Å². The second kappa shape index (κ2) is 9.08. The van der Waals surface area contributed by atoms with Gasteiger partial charge in [0.1, 0.15) is 11.9 Å². The minimum Gasteiger partial charge on any atom is -0.355 e. The van der Waals surface area contributed by atoms with Gasteiger partial charge in [-0.05, 0) is 36.6 Å². The smallest absolute Gasteiger partial charge is 0.355 e. The summed E-state index contributed by atoms with van der Waals surface area (Å²) in [6, 6.07) is 7.90. The van der Waals surface area contributed by atoms with Gasteiger partial charge in [0.2, 0.25) is 5.91 Å². The molecule has 3 heterocycles. The SMILES string of the molecule is CC(C)C(C(=O)N1CCCN(c2ccc(C(F)(F)F)cn2)CC1)N1C(=O)c2ccccc2C1=O. The molecule has 1 unspecified atom stereocenters. The summed E-state index contributed by atoms with van der Waals surface area (Å²) in [7, 11) is 0. The second-order valence-corrected chi connectivity index (χ2v) is 8.78. The number of hydrogen-bond acceptors (Lipinski definition) is 5. The number of carbonyl (C=O) groups is 3. The fraction of sp³-hybridized carbons (Fsp3) is 0.417. The van der Waals surface area contributed by atoms with Gasteiger partial charge >= 0.3 is 6.18 Å². The van der Waals surface area contributed by atoms with Gasteiger partial charge in [0, 0.05) is 32.4 Å². The first kappa shape index (κ1) is 23.7. The highest BCUT2D eigenvalue weighted by Crippen LogP contribution is 2.30. The third-order valence-electron chi connectivity index (χ3n) is 6.19. The fourth-order valence-electron chi connectivity index (χ4n) is 4.45. The molecule has 1 saturated heterocycles. The summed E-state index contributed by atoms with van der Waals surface area (Å²) < 4.78 is 38.5. The first-order chi connectivity index (χ1) is 16.1. The van der Waals surface area contributed by atoms with Crippen LogP contribution >= 0.6 is 0 Å². The van der Waals surface area contributed by atoms with E-state index in [1.54, 1.807) is 43.0 Å². The number of amides is 3. The van der Waals surface area contributed by atoms with Gasteiger partial charge < -0.3 is 9.80 Å². The summed E-state index contributed by atoms with van der Waals surface area (Å²) >= 11 is 0. The molecule has 34 heavy (non-hydrogen) atoms. The topological polar surface area (TPSA) is 73.8 Å². The summed E-state index contributed by atoms with van der Waals surface area (Å²) in [6.07, 6.45) is -3.08. The molecular weight excluding hydrogens is 449 g/mol. The molecule has 2 aliphatic rings. The molecule has 3 amide bonds.